The van der Waals surface area contributed by atoms with Gasteiger partial charge < -0.3 is 10.6 Å². The second-order valence-electron chi connectivity index (χ2n) is 6.06. The molecule has 3 heterocycles. The fraction of sp³-hybridized carbons (Fsp3) is 0.667. The van der Waals surface area contributed by atoms with E-state index in [9.17, 15) is 0 Å². The molecule has 2 atom stereocenters. The van der Waals surface area contributed by atoms with Gasteiger partial charge in [-0.1, -0.05) is 0 Å². The topological polar surface area (TPSA) is 45.4 Å². The van der Waals surface area contributed by atoms with Crippen molar-refractivity contribution in [1.82, 2.24) is 14.8 Å². The molecule has 0 aromatic carbocycles. The van der Waals surface area contributed by atoms with Crippen LogP contribution < -0.4 is 5.73 Å². The number of hydrogen-bond donors (Lipinski definition) is 1. The molecule has 0 saturated carbocycles. The van der Waals surface area contributed by atoms with Gasteiger partial charge in [0.25, 0.3) is 0 Å². The number of hydrogen-bond acceptors (Lipinski definition) is 4. The minimum absolute atomic E-state index is 0.747. The monoisotopic (exact) mass is 260 g/mol. The van der Waals surface area contributed by atoms with Gasteiger partial charge in [0.2, 0.25) is 0 Å². The molecule has 2 unspecified atom stereocenters. The summed E-state index contributed by atoms with van der Waals surface area (Å²) in [4.78, 5) is 9.53. The molecule has 4 heteroatoms. The number of piperidine rings is 2. The third kappa shape index (κ3) is 2.90. The summed E-state index contributed by atoms with van der Waals surface area (Å²) in [6.45, 7) is 4.66. The van der Waals surface area contributed by atoms with E-state index in [0.29, 0.717) is 0 Å². The van der Waals surface area contributed by atoms with Gasteiger partial charge in [-0.25, -0.2) is 0 Å². The smallest absolute Gasteiger partial charge is 0.0545 e. The molecule has 2 fully saturated rings. The molecule has 0 bridgehead atoms. The molecule has 2 aliphatic heterocycles. The van der Waals surface area contributed by atoms with Gasteiger partial charge in [0.05, 0.1) is 17.6 Å². The average Bonchev–Trinajstić information content (AvgIpc) is 2.42. The van der Waals surface area contributed by atoms with Crippen molar-refractivity contribution in [2.45, 2.75) is 31.8 Å². The standard InChI is InChI=1S/C15H24N4/c1-18-7-2-3-12-10-19(8-6-15(12)18)11-14-5-4-13(16)9-17-14/h4-5,9,12,15H,2-3,6-8,10-11,16H2,1H3. The largest absolute Gasteiger partial charge is 0.397 e. The van der Waals surface area contributed by atoms with Crippen molar-refractivity contribution in [1.29, 1.82) is 0 Å². The van der Waals surface area contributed by atoms with Gasteiger partial charge >= 0.3 is 0 Å². The van der Waals surface area contributed by atoms with Crippen LogP contribution in [0.25, 0.3) is 0 Å². The highest BCUT2D eigenvalue weighted by molar-refractivity contribution is 5.34. The highest BCUT2D eigenvalue weighted by atomic mass is 15.2. The molecule has 3 rings (SSSR count). The molecule has 2 aliphatic rings. The van der Waals surface area contributed by atoms with Crippen LogP contribution in [0.2, 0.25) is 0 Å². The van der Waals surface area contributed by atoms with Crippen LogP contribution in [0.4, 0.5) is 5.69 Å². The van der Waals surface area contributed by atoms with Crippen molar-refractivity contribution < 1.29 is 0 Å². The minimum atomic E-state index is 0.747. The van der Waals surface area contributed by atoms with E-state index in [1.54, 1.807) is 6.20 Å². The summed E-state index contributed by atoms with van der Waals surface area (Å²) in [7, 11) is 2.29. The van der Waals surface area contributed by atoms with Crippen LogP contribution >= 0.6 is 0 Å². The predicted molar refractivity (Wildman–Crippen MR) is 77.7 cm³/mol. The van der Waals surface area contributed by atoms with Gasteiger partial charge in [0.15, 0.2) is 0 Å². The summed E-state index contributed by atoms with van der Waals surface area (Å²) in [5.74, 6) is 0.848. The lowest BCUT2D eigenvalue weighted by Gasteiger charge is -2.45. The lowest BCUT2D eigenvalue weighted by Crippen LogP contribution is -2.52. The van der Waals surface area contributed by atoms with Crippen LogP contribution in [0.3, 0.4) is 0 Å². The highest BCUT2D eigenvalue weighted by Gasteiger charge is 2.34. The van der Waals surface area contributed by atoms with E-state index in [1.807, 2.05) is 6.07 Å². The Morgan fingerprint density at radius 3 is 3.00 bits per heavy atom. The number of anilines is 1. The molecule has 2 N–H and O–H groups in total. The Balaban J connectivity index is 1.60. The normalized spacial score (nSPS) is 29.1. The number of nitrogens with two attached hydrogens (primary N) is 1. The Bertz CT molecular complexity index is 417. The maximum absolute atomic E-state index is 5.68. The summed E-state index contributed by atoms with van der Waals surface area (Å²) in [5.41, 5.74) is 7.56. The van der Waals surface area contributed by atoms with Crippen LogP contribution in [-0.2, 0) is 6.54 Å². The third-order valence-electron chi connectivity index (χ3n) is 4.66. The van der Waals surface area contributed by atoms with Crippen LogP contribution in [0, 0.1) is 5.92 Å². The molecule has 0 spiro atoms. The Morgan fingerprint density at radius 2 is 2.21 bits per heavy atom. The number of rotatable bonds is 2. The lowest BCUT2D eigenvalue weighted by atomic mass is 9.84. The Morgan fingerprint density at radius 1 is 1.32 bits per heavy atom. The lowest BCUT2D eigenvalue weighted by molar-refractivity contribution is 0.0350. The second-order valence-corrected chi connectivity index (χ2v) is 6.06. The van der Waals surface area contributed by atoms with Crippen molar-refractivity contribution in [2.24, 2.45) is 5.92 Å². The zero-order valence-corrected chi connectivity index (χ0v) is 11.8. The number of nitrogen functional groups attached to an aromatic ring is 1. The summed E-state index contributed by atoms with van der Waals surface area (Å²) in [6.07, 6.45) is 5.80. The maximum atomic E-state index is 5.68. The molecular weight excluding hydrogens is 236 g/mol. The highest BCUT2D eigenvalue weighted by Crippen LogP contribution is 2.29. The van der Waals surface area contributed by atoms with E-state index in [2.05, 4.69) is 27.9 Å². The maximum Gasteiger partial charge on any atom is 0.0545 e. The van der Waals surface area contributed by atoms with Gasteiger partial charge in [-0.2, -0.15) is 0 Å². The van der Waals surface area contributed by atoms with E-state index in [-0.39, 0.29) is 0 Å². The van der Waals surface area contributed by atoms with Crippen molar-refractivity contribution in [3.63, 3.8) is 0 Å². The SMILES string of the molecule is CN1CCCC2CN(Cc3ccc(N)cn3)CCC21. The molecule has 4 nitrogen and oxygen atoms in total. The minimum Gasteiger partial charge on any atom is -0.397 e. The first-order valence-corrected chi connectivity index (χ1v) is 7.35. The summed E-state index contributed by atoms with van der Waals surface area (Å²) >= 11 is 0. The zero-order valence-electron chi connectivity index (χ0n) is 11.8. The molecule has 104 valence electrons. The summed E-state index contributed by atoms with van der Waals surface area (Å²) in [5, 5.41) is 0. The number of likely N-dealkylation sites (tertiary alicyclic amines) is 2. The Hall–Kier alpha value is -1.13. The van der Waals surface area contributed by atoms with Crippen LogP contribution in [0.15, 0.2) is 18.3 Å². The molecule has 0 amide bonds. The molecular formula is C15H24N4. The quantitative estimate of drug-likeness (QED) is 0.877. The first kappa shape index (κ1) is 12.9. The fourth-order valence-corrected chi connectivity index (χ4v) is 3.63. The van der Waals surface area contributed by atoms with E-state index in [4.69, 9.17) is 5.73 Å². The van der Waals surface area contributed by atoms with Crippen LogP contribution in [-0.4, -0.2) is 47.5 Å². The first-order chi connectivity index (χ1) is 9.22. The van der Waals surface area contributed by atoms with E-state index in [0.717, 1.165) is 29.9 Å². The Labute approximate surface area is 115 Å². The molecule has 1 aromatic heterocycles. The third-order valence-corrected chi connectivity index (χ3v) is 4.66. The van der Waals surface area contributed by atoms with Crippen LogP contribution in [0.1, 0.15) is 25.0 Å². The first-order valence-electron chi connectivity index (χ1n) is 7.35. The number of nitrogens with zero attached hydrogens (tertiary/aromatic N) is 3. The van der Waals surface area contributed by atoms with Gasteiger partial charge in [-0.15, -0.1) is 0 Å². The van der Waals surface area contributed by atoms with E-state index >= 15 is 0 Å². The van der Waals surface area contributed by atoms with Gasteiger partial charge in [-0.05, 0) is 50.9 Å². The molecule has 19 heavy (non-hydrogen) atoms. The average molecular weight is 260 g/mol. The van der Waals surface area contributed by atoms with Gasteiger partial charge in [0.1, 0.15) is 0 Å². The van der Waals surface area contributed by atoms with E-state index < -0.39 is 0 Å². The van der Waals surface area contributed by atoms with Crippen molar-refractivity contribution in [2.75, 3.05) is 32.4 Å². The number of pyridine rings is 1. The van der Waals surface area contributed by atoms with Crippen molar-refractivity contribution >= 4 is 5.69 Å². The van der Waals surface area contributed by atoms with Crippen molar-refractivity contribution in [3.8, 4) is 0 Å². The number of fused-ring (bicyclic) bond motifs is 1. The van der Waals surface area contributed by atoms with Crippen molar-refractivity contribution in [3.05, 3.63) is 24.0 Å². The second kappa shape index (κ2) is 5.47. The molecule has 0 aliphatic carbocycles. The number of aromatic nitrogens is 1. The van der Waals surface area contributed by atoms with Gasteiger partial charge in [-0.3, -0.25) is 9.88 Å². The summed E-state index contributed by atoms with van der Waals surface area (Å²) < 4.78 is 0. The van der Waals surface area contributed by atoms with Crippen LogP contribution in [0.5, 0.6) is 0 Å². The fourth-order valence-electron chi connectivity index (χ4n) is 3.63. The molecule has 0 radical (unpaired) electrons. The van der Waals surface area contributed by atoms with Gasteiger partial charge in [0, 0.05) is 25.7 Å². The molecule has 1 aromatic rings. The zero-order chi connectivity index (χ0) is 13.2. The Kier molecular flexibility index (Phi) is 3.71. The summed E-state index contributed by atoms with van der Waals surface area (Å²) in [6, 6.07) is 4.81. The predicted octanol–water partition coefficient (Wildman–Crippen LogP) is 1.58. The van der Waals surface area contributed by atoms with E-state index in [1.165, 1.54) is 38.9 Å². The molecule has 2 saturated heterocycles.